The summed E-state index contributed by atoms with van der Waals surface area (Å²) < 4.78 is 25.8. The molecule has 0 heterocycles. The first-order valence-electron chi connectivity index (χ1n) is 3.46. The van der Waals surface area contributed by atoms with Crippen LogP contribution in [0.5, 0.6) is 0 Å². The van der Waals surface area contributed by atoms with Crippen molar-refractivity contribution in [3.8, 4) is 0 Å². The van der Waals surface area contributed by atoms with Gasteiger partial charge in [0.2, 0.25) is 5.91 Å². The maximum absolute atomic E-state index is 13.0. The molecule has 13 heavy (non-hydrogen) atoms. The van der Waals surface area contributed by atoms with Crippen LogP contribution in [0.15, 0.2) is 17.0 Å². The number of primary amides is 1. The Labute approximate surface area is 79.1 Å². The second-order valence-electron chi connectivity index (χ2n) is 2.51. The molecule has 1 aromatic carbocycles. The SMILES string of the molecule is NC(=O)Cc1ccc(S)c(F)c1F. The Balaban J connectivity index is 3.10. The minimum Gasteiger partial charge on any atom is -0.369 e. The Morgan fingerprint density at radius 3 is 2.54 bits per heavy atom. The van der Waals surface area contributed by atoms with Crippen LogP contribution in [0.25, 0.3) is 0 Å². The Kier molecular flexibility index (Phi) is 2.87. The molecule has 1 amide bonds. The van der Waals surface area contributed by atoms with Crippen molar-refractivity contribution < 1.29 is 13.6 Å². The lowest BCUT2D eigenvalue weighted by atomic mass is 10.1. The van der Waals surface area contributed by atoms with Crippen molar-refractivity contribution in [3.05, 3.63) is 29.3 Å². The molecule has 0 aromatic heterocycles. The van der Waals surface area contributed by atoms with Crippen molar-refractivity contribution in [3.63, 3.8) is 0 Å². The zero-order valence-corrected chi connectivity index (χ0v) is 7.44. The number of halogens is 2. The van der Waals surface area contributed by atoms with Gasteiger partial charge in [-0.3, -0.25) is 4.79 Å². The summed E-state index contributed by atoms with van der Waals surface area (Å²) in [5, 5.41) is 0. The molecule has 0 radical (unpaired) electrons. The maximum Gasteiger partial charge on any atom is 0.221 e. The van der Waals surface area contributed by atoms with Crippen LogP contribution in [0.4, 0.5) is 8.78 Å². The molecule has 0 aliphatic heterocycles. The predicted molar refractivity (Wildman–Crippen MR) is 46.5 cm³/mol. The van der Waals surface area contributed by atoms with Crippen molar-refractivity contribution in [1.29, 1.82) is 0 Å². The molecule has 0 saturated heterocycles. The number of rotatable bonds is 2. The van der Waals surface area contributed by atoms with E-state index in [0.717, 1.165) is 0 Å². The number of hydrogen-bond donors (Lipinski definition) is 2. The van der Waals surface area contributed by atoms with E-state index in [1.807, 2.05) is 0 Å². The monoisotopic (exact) mass is 203 g/mol. The van der Waals surface area contributed by atoms with E-state index in [0.29, 0.717) is 0 Å². The van der Waals surface area contributed by atoms with Gasteiger partial charge in [-0.05, 0) is 6.07 Å². The Bertz CT molecular complexity index is 354. The van der Waals surface area contributed by atoms with E-state index in [-0.39, 0.29) is 16.9 Å². The van der Waals surface area contributed by atoms with E-state index in [1.54, 1.807) is 0 Å². The first-order chi connectivity index (χ1) is 6.02. The molecule has 0 aliphatic rings. The van der Waals surface area contributed by atoms with Gasteiger partial charge in [-0.15, -0.1) is 12.6 Å². The smallest absolute Gasteiger partial charge is 0.221 e. The van der Waals surface area contributed by atoms with E-state index < -0.39 is 17.5 Å². The lowest BCUT2D eigenvalue weighted by Gasteiger charge is -2.02. The standard InChI is InChI=1S/C8H7F2NOS/c9-7-4(3-6(11)12)1-2-5(13)8(7)10/h1-2,13H,3H2,(H2,11,12). The Morgan fingerprint density at radius 2 is 2.00 bits per heavy atom. The largest absolute Gasteiger partial charge is 0.369 e. The minimum atomic E-state index is -1.06. The number of thiol groups is 1. The lowest BCUT2D eigenvalue weighted by molar-refractivity contribution is -0.117. The highest BCUT2D eigenvalue weighted by molar-refractivity contribution is 7.80. The maximum atomic E-state index is 13.0. The van der Waals surface area contributed by atoms with Crippen LogP contribution in [-0.2, 0) is 11.2 Å². The fraction of sp³-hybridized carbons (Fsp3) is 0.125. The van der Waals surface area contributed by atoms with Crippen LogP contribution in [0, 0.1) is 11.6 Å². The topological polar surface area (TPSA) is 43.1 Å². The van der Waals surface area contributed by atoms with Crippen LogP contribution in [0.1, 0.15) is 5.56 Å². The van der Waals surface area contributed by atoms with E-state index in [1.165, 1.54) is 12.1 Å². The summed E-state index contributed by atoms with van der Waals surface area (Å²) in [5.41, 5.74) is 4.78. The average Bonchev–Trinajstić information content (AvgIpc) is 2.06. The molecular weight excluding hydrogens is 196 g/mol. The molecule has 70 valence electrons. The summed E-state index contributed by atoms with van der Waals surface area (Å²) >= 11 is 3.67. The summed E-state index contributed by atoms with van der Waals surface area (Å²) in [5.74, 6) is -2.82. The fourth-order valence-corrected chi connectivity index (χ4v) is 1.08. The number of carbonyl (C=O) groups is 1. The summed E-state index contributed by atoms with van der Waals surface area (Å²) in [6.07, 6.45) is -0.309. The molecule has 0 fully saturated rings. The van der Waals surface area contributed by atoms with Crippen LogP contribution < -0.4 is 5.73 Å². The summed E-state index contributed by atoms with van der Waals surface area (Å²) in [4.78, 5) is 10.3. The highest BCUT2D eigenvalue weighted by Gasteiger charge is 2.12. The summed E-state index contributed by atoms with van der Waals surface area (Å²) in [6, 6.07) is 2.56. The molecule has 0 bridgehead atoms. The third-order valence-corrected chi connectivity index (χ3v) is 1.85. The van der Waals surface area contributed by atoms with E-state index in [4.69, 9.17) is 5.73 Å². The van der Waals surface area contributed by atoms with Crippen LogP contribution in [0.3, 0.4) is 0 Å². The van der Waals surface area contributed by atoms with Gasteiger partial charge in [-0.1, -0.05) is 6.07 Å². The lowest BCUT2D eigenvalue weighted by Crippen LogP contribution is -2.15. The molecule has 0 aliphatic carbocycles. The van der Waals surface area contributed by atoms with Crippen molar-refractivity contribution in [2.45, 2.75) is 11.3 Å². The van der Waals surface area contributed by atoms with Gasteiger partial charge in [-0.25, -0.2) is 8.78 Å². The first-order valence-corrected chi connectivity index (χ1v) is 3.91. The molecule has 2 nitrogen and oxygen atoms in total. The predicted octanol–water partition coefficient (Wildman–Crippen LogP) is 1.28. The zero-order valence-electron chi connectivity index (χ0n) is 6.55. The number of nitrogens with two attached hydrogens (primary N) is 1. The zero-order chi connectivity index (χ0) is 10.0. The van der Waals surface area contributed by atoms with Gasteiger partial charge in [0.1, 0.15) is 0 Å². The second-order valence-corrected chi connectivity index (χ2v) is 3.00. The highest BCUT2D eigenvalue weighted by Crippen LogP contribution is 2.19. The number of carbonyl (C=O) groups excluding carboxylic acids is 1. The Hall–Kier alpha value is -1.10. The van der Waals surface area contributed by atoms with Crippen molar-refractivity contribution in [2.24, 2.45) is 5.73 Å². The van der Waals surface area contributed by atoms with Gasteiger partial charge < -0.3 is 5.73 Å². The average molecular weight is 203 g/mol. The normalized spacial score (nSPS) is 10.1. The first kappa shape index (κ1) is 9.98. The van der Waals surface area contributed by atoms with Crippen molar-refractivity contribution in [1.82, 2.24) is 0 Å². The number of benzene rings is 1. The second kappa shape index (κ2) is 3.74. The molecule has 0 saturated carbocycles. The molecule has 0 unspecified atom stereocenters. The van der Waals surface area contributed by atoms with E-state index in [9.17, 15) is 13.6 Å². The van der Waals surface area contributed by atoms with E-state index in [2.05, 4.69) is 12.6 Å². The molecule has 5 heteroatoms. The minimum absolute atomic E-state index is 0.0530. The van der Waals surface area contributed by atoms with Crippen LogP contribution >= 0.6 is 12.6 Å². The van der Waals surface area contributed by atoms with Crippen molar-refractivity contribution >= 4 is 18.5 Å². The number of hydrogen-bond acceptors (Lipinski definition) is 2. The Morgan fingerprint density at radius 1 is 1.38 bits per heavy atom. The fourth-order valence-electron chi connectivity index (χ4n) is 0.903. The third kappa shape index (κ3) is 2.18. The quantitative estimate of drug-likeness (QED) is 0.699. The van der Waals surface area contributed by atoms with Gasteiger partial charge in [0.15, 0.2) is 11.6 Å². The van der Waals surface area contributed by atoms with Gasteiger partial charge in [-0.2, -0.15) is 0 Å². The number of amides is 1. The summed E-state index contributed by atoms with van der Waals surface area (Å²) in [6.45, 7) is 0. The third-order valence-electron chi connectivity index (χ3n) is 1.51. The molecule has 1 rings (SSSR count). The molecular formula is C8H7F2NOS. The molecule has 2 N–H and O–H groups in total. The highest BCUT2D eigenvalue weighted by atomic mass is 32.1. The van der Waals surface area contributed by atoms with Crippen LogP contribution in [-0.4, -0.2) is 5.91 Å². The van der Waals surface area contributed by atoms with Crippen LogP contribution in [0.2, 0.25) is 0 Å². The summed E-state index contributed by atoms with van der Waals surface area (Å²) in [7, 11) is 0. The van der Waals surface area contributed by atoms with Gasteiger partial charge in [0, 0.05) is 10.5 Å². The van der Waals surface area contributed by atoms with Gasteiger partial charge >= 0.3 is 0 Å². The van der Waals surface area contributed by atoms with Gasteiger partial charge in [0.25, 0.3) is 0 Å². The molecule has 0 atom stereocenters. The molecule has 0 spiro atoms. The van der Waals surface area contributed by atoms with Gasteiger partial charge in [0.05, 0.1) is 6.42 Å². The molecule has 1 aromatic rings. The van der Waals surface area contributed by atoms with E-state index >= 15 is 0 Å². The van der Waals surface area contributed by atoms with Crippen molar-refractivity contribution in [2.75, 3.05) is 0 Å².